The molecule has 1 N–H and O–H groups in total. The molecule has 1 aromatic heterocycles. The summed E-state index contributed by atoms with van der Waals surface area (Å²) in [5.41, 5.74) is 2.47. The van der Waals surface area contributed by atoms with Crippen molar-refractivity contribution in [1.29, 1.82) is 0 Å². The lowest BCUT2D eigenvalue weighted by atomic mass is 10.1. The van der Waals surface area contributed by atoms with Crippen molar-refractivity contribution in [3.63, 3.8) is 0 Å². The van der Waals surface area contributed by atoms with Gasteiger partial charge in [0.15, 0.2) is 11.5 Å². The average Bonchev–Trinajstić information content (AvgIpc) is 2.92. The van der Waals surface area contributed by atoms with Gasteiger partial charge in [0.2, 0.25) is 11.8 Å². The number of hydrogen-bond acceptors (Lipinski definition) is 7. The second-order valence-corrected chi connectivity index (χ2v) is 7.54. The summed E-state index contributed by atoms with van der Waals surface area (Å²) < 4.78 is 16.1. The summed E-state index contributed by atoms with van der Waals surface area (Å²) in [5, 5.41) is 2.80. The number of carbonyl (C=O) groups is 2. The second-order valence-electron chi connectivity index (χ2n) is 7.54. The third-order valence-corrected chi connectivity index (χ3v) is 5.09. The molecule has 32 heavy (non-hydrogen) atoms. The minimum atomic E-state index is -0.179. The number of ether oxygens (including phenoxy) is 3. The standard InChI is InChI=1S/C23H28N4O5/c1-26-12-17-8-15(11-24-23(17)25-21(28)14-26)6-7-22(29)27(2)13-16-9-19(31-4)20(32-5)10-18(16)30-3/h6-11H,12-14H2,1-5H3,(H,24,25,28). The Balaban J connectivity index is 1.73. The average molecular weight is 441 g/mol. The molecule has 0 spiro atoms. The van der Waals surface area contributed by atoms with Crippen molar-refractivity contribution >= 4 is 23.7 Å². The summed E-state index contributed by atoms with van der Waals surface area (Å²) in [6.07, 6.45) is 4.84. The molecule has 0 atom stereocenters. The number of benzene rings is 1. The highest BCUT2D eigenvalue weighted by Gasteiger charge is 2.18. The van der Waals surface area contributed by atoms with Gasteiger partial charge < -0.3 is 24.4 Å². The number of hydrogen-bond donors (Lipinski definition) is 1. The third kappa shape index (κ3) is 5.36. The van der Waals surface area contributed by atoms with E-state index in [0.717, 1.165) is 16.7 Å². The molecule has 0 fully saturated rings. The van der Waals surface area contributed by atoms with Crippen molar-refractivity contribution < 1.29 is 23.8 Å². The largest absolute Gasteiger partial charge is 0.496 e. The molecule has 0 unspecified atom stereocenters. The number of aromatic nitrogens is 1. The fourth-order valence-corrected chi connectivity index (χ4v) is 3.46. The molecule has 1 aromatic carbocycles. The van der Waals surface area contributed by atoms with Crippen LogP contribution in [-0.2, 0) is 22.7 Å². The van der Waals surface area contributed by atoms with E-state index in [4.69, 9.17) is 14.2 Å². The number of anilines is 1. The van der Waals surface area contributed by atoms with Gasteiger partial charge in [0.05, 0.1) is 27.9 Å². The molecule has 0 saturated heterocycles. The highest BCUT2D eigenvalue weighted by Crippen LogP contribution is 2.35. The summed E-state index contributed by atoms with van der Waals surface area (Å²) in [5.74, 6) is 2.01. The molecular formula is C23H28N4O5. The summed E-state index contributed by atoms with van der Waals surface area (Å²) >= 11 is 0. The van der Waals surface area contributed by atoms with E-state index in [9.17, 15) is 9.59 Å². The van der Waals surface area contributed by atoms with Crippen LogP contribution >= 0.6 is 0 Å². The van der Waals surface area contributed by atoms with E-state index in [0.29, 0.717) is 42.7 Å². The van der Waals surface area contributed by atoms with Crippen LogP contribution in [0.5, 0.6) is 17.2 Å². The fraction of sp³-hybridized carbons (Fsp3) is 0.348. The zero-order valence-corrected chi connectivity index (χ0v) is 19.0. The maximum absolute atomic E-state index is 12.7. The Morgan fingerprint density at radius 3 is 2.50 bits per heavy atom. The van der Waals surface area contributed by atoms with Crippen molar-refractivity contribution in [2.75, 3.05) is 47.3 Å². The maximum Gasteiger partial charge on any atom is 0.246 e. The Hall–Kier alpha value is -3.59. The molecule has 0 aliphatic carbocycles. The summed E-state index contributed by atoms with van der Waals surface area (Å²) in [6.45, 7) is 1.23. The van der Waals surface area contributed by atoms with E-state index in [1.165, 1.54) is 6.08 Å². The number of fused-ring (bicyclic) bond motifs is 1. The van der Waals surface area contributed by atoms with Gasteiger partial charge in [0.1, 0.15) is 11.6 Å². The Kier molecular flexibility index (Phi) is 7.32. The molecule has 9 heteroatoms. The monoisotopic (exact) mass is 440 g/mol. The molecule has 2 amide bonds. The highest BCUT2D eigenvalue weighted by atomic mass is 16.5. The van der Waals surface area contributed by atoms with Gasteiger partial charge in [-0.3, -0.25) is 14.5 Å². The number of amides is 2. The number of pyridine rings is 1. The van der Waals surface area contributed by atoms with E-state index in [1.807, 2.05) is 18.0 Å². The van der Waals surface area contributed by atoms with Crippen molar-refractivity contribution in [2.45, 2.75) is 13.1 Å². The van der Waals surface area contributed by atoms with Gasteiger partial charge in [0, 0.05) is 49.6 Å². The van der Waals surface area contributed by atoms with Gasteiger partial charge in [0.25, 0.3) is 0 Å². The Morgan fingerprint density at radius 2 is 1.81 bits per heavy atom. The van der Waals surface area contributed by atoms with Crippen LogP contribution in [0.4, 0.5) is 5.82 Å². The summed E-state index contributed by atoms with van der Waals surface area (Å²) in [7, 11) is 8.27. The second kappa shape index (κ2) is 10.1. The molecule has 170 valence electrons. The van der Waals surface area contributed by atoms with E-state index in [2.05, 4.69) is 10.3 Å². The summed E-state index contributed by atoms with van der Waals surface area (Å²) in [6, 6.07) is 5.46. The van der Waals surface area contributed by atoms with Gasteiger partial charge in [-0.1, -0.05) is 0 Å². The predicted molar refractivity (Wildman–Crippen MR) is 121 cm³/mol. The smallest absolute Gasteiger partial charge is 0.246 e. The molecule has 9 nitrogen and oxygen atoms in total. The van der Waals surface area contributed by atoms with E-state index in [-0.39, 0.29) is 11.8 Å². The number of methoxy groups -OCH3 is 3. The van der Waals surface area contributed by atoms with Crippen molar-refractivity contribution in [1.82, 2.24) is 14.8 Å². The lowest BCUT2D eigenvalue weighted by Crippen LogP contribution is -2.26. The quantitative estimate of drug-likeness (QED) is 0.660. The van der Waals surface area contributed by atoms with Crippen molar-refractivity contribution in [3.05, 3.63) is 47.2 Å². The number of carbonyl (C=O) groups excluding carboxylic acids is 2. The molecule has 2 heterocycles. The molecule has 0 saturated carbocycles. The topological polar surface area (TPSA) is 93.2 Å². The minimum Gasteiger partial charge on any atom is -0.496 e. The lowest BCUT2D eigenvalue weighted by molar-refractivity contribution is -0.125. The first-order chi connectivity index (χ1) is 15.3. The first-order valence-electron chi connectivity index (χ1n) is 10.0. The molecule has 0 radical (unpaired) electrons. The van der Waals surface area contributed by atoms with Crippen LogP contribution in [0.2, 0.25) is 0 Å². The fourth-order valence-electron chi connectivity index (χ4n) is 3.46. The number of rotatable bonds is 7. The Bertz CT molecular complexity index is 1040. The van der Waals surface area contributed by atoms with E-state index < -0.39 is 0 Å². The maximum atomic E-state index is 12.7. The Morgan fingerprint density at radius 1 is 1.12 bits per heavy atom. The van der Waals surface area contributed by atoms with Gasteiger partial charge in [-0.25, -0.2) is 4.98 Å². The zero-order chi connectivity index (χ0) is 23.3. The molecule has 3 rings (SSSR count). The highest BCUT2D eigenvalue weighted by molar-refractivity contribution is 5.93. The zero-order valence-electron chi connectivity index (χ0n) is 19.0. The molecule has 2 aromatic rings. The minimum absolute atomic E-state index is 0.0931. The third-order valence-electron chi connectivity index (χ3n) is 5.09. The van der Waals surface area contributed by atoms with Crippen LogP contribution < -0.4 is 19.5 Å². The van der Waals surface area contributed by atoms with Crippen LogP contribution in [0.1, 0.15) is 16.7 Å². The van der Waals surface area contributed by atoms with Crippen LogP contribution in [0.3, 0.4) is 0 Å². The predicted octanol–water partition coefficient (Wildman–Crippen LogP) is 2.16. The van der Waals surface area contributed by atoms with Gasteiger partial charge in [-0.05, 0) is 30.8 Å². The van der Waals surface area contributed by atoms with Crippen molar-refractivity contribution in [2.24, 2.45) is 0 Å². The van der Waals surface area contributed by atoms with E-state index >= 15 is 0 Å². The Labute approximate surface area is 187 Å². The van der Waals surface area contributed by atoms with E-state index in [1.54, 1.807) is 57.7 Å². The van der Waals surface area contributed by atoms with Crippen LogP contribution in [0.25, 0.3) is 6.08 Å². The number of nitrogens with zero attached hydrogens (tertiary/aromatic N) is 3. The molecule has 1 aliphatic rings. The first-order valence-corrected chi connectivity index (χ1v) is 10.0. The first kappa shape index (κ1) is 23.1. The number of nitrogens with one attached hydrogen (secondary N) is 1. The van der Waals surface area contributed by atoms with Crippen LogP contribution in [-0.4, -0.2) is 68.6 Å². The molecular weight excluding hydrogens is 412 g/mol. The number of likely N-dealkylation sites (N-methyl/N-ethyl adjacent to an activating group) is 2. The lowest BCUT2D eigenvalue weighted by Gasteiger charge is -2.19. The summed E-state index contributed by atoms with van der Waals surface area (Å²) in [4.78, 5) is 32.3. The van der Waals surface area contributed by atoms with Crippen LogP contribution in [0.15, 0.2) is 30.5 Å². The van der Waals surface area contributed by atoms with Gasteiger partial charge >= 0.3 is 0 Å². The SMILES string of the molecule is COc1cc(OC)c(OC)cc1CN(C)C(=O)C=Cc1cnc2c(c1)CN(C)CC(=O)N2. The van der Waals surface area contributed by atoms with Gasteiger partial charge in [-0.15, -0.1) is 0 Å². The normalized spacial score (nSPS) is 13.8. The van der Waals surface area contributed by atoms with Gasteiger partial charge in [-0.2, -0.15) is 0 Å². The van der Waals surface area contributed by atoms with Crippen molar-refractivity contribution in [3.8, 4) is 17.2 Å². The molecule has 1 aliphatic heterocycles. The molecule has 0 bridgehead atoms. The van der Waals surface area contributed by atoms with Crippen LogP contribution in [0, 0.1) is 0 Å².